The summed E-state index contributed by atoms with van der Waals surface area (Å²) in [5, 5.41) is 15.0. The molecule has 1 atom stereocenters. The van der Waals surface area contributed by atoms with E-state index in [0.29, 0.717) is 5.15 Å². The Balaban J connectivity index is 2.77. The van der Waals surface area contributed by atoms with Crippen LogP contribution in [-0.2, 0) is 0 Å². The highest BCUT2D eigenvalue weighted by atomic mass is 35.5. The maximum atomic E-state index is 5.58. The van der Waals surface area contributed by atoms with Crippen LogP contribution in [0.15, 0.2) is 22.3 Å². The van der Waals surface area contributed by atoms with E-state index in [1.165, 1.54) is 0 Å². The molecule has 0 saturated heterocycles. The average Bonchev–Trinajstić information content (AvgIpc) is 2.15. The molecule has 1 aromatic rings. The zero-order chi connectivity index (χ0) is 9.68. The van der Waals surface area contributed by atoms with Crippen molar-refractivity contribution in [2.45, 2.75) is 12.8 Å². The molecule has 1 rings (SSSR count). The van der Waals surface area contributed by atoms with E-state index in [1.54, 1.807) is 18.3 Å². The van der Waals surface area contributed by atoms with Gasteiger partial charge in [0.25, 0.3) is 0 Å². The third-order valence-electron chi connectivity index (χ3n) is 1.49. The average molecular weight is 197 g/mol. The van der Waals surface area contributed by atoms with Crippen LogP contribution in [0.5, 0.6) is 0 Å². The van der Waals surface area contributed by atoms with Crippen molar-refractivity contribution in [3.63, 3.8) is 0 Å². The Morgan fingerprint density at radius 1 is 1.54 bits per heavy atom. The molecular formula is C8H9ClN4. The van der Waals surface area contributed by atoms with Gasteiger partial charge in [-0.15, -0.1) is 5.10 Å². The fourth-order valence-electron chi connectivity index (χ4n) is 0.793. The lowest BCUT2D eigenvalue weighted by molar-refractivity contribution is 0.881. The number of nitrogens with zero attached hydrogens (tertiary/aromatic N) is 4. The summed E-state index contributed by atoms with van der Waals surface area (Å²) in [6.07, 6.45) is 1.64. The minimum absolute atomic E-state index is 0.0651. The molecular weight excluding hydrogens is 188 g/mol. The van der Waals surface area contributed by atoms with E-state index in [1.807, 2.05) is 6.92 Å². The molecule has 0 saturated carbocycles. The van der Waals surface area contributed by atoms with Crippen molar-refractivity contribution in [3.05, 3.63) is 23.0 Å². The summed E-state index contributed by atoms with van der Waals surface area (Å²) in [7, 11) is 0. The highest BCUT2D eigenvalue weighted by Gasteiger charge is 2.03. The second-order valence-corrected chi connectivity index (χ2v) is 2.86. The predicted octanol–water partition coefficient (Wildman–Crippen LogP) is 1.92. The quantitative estimate of drug-likeness (QED) is 0.548. The maximum absolute atomic E-state index is 5.58. The molecule has 0 radical (unpaired) electrons. The van der Waals surface area contributed by atoms with Gasteiger partial charge in [-0.3, -0.25) is 0 Å². The van der Waals surface area contributed by atoms with Gasteiger partial charge in [-0.25, -0.2) is 0 Å². The van der Waals surface area contributed by atoms with Gasteiger partial charge in [0, 0.05) is 18.9 Å². The monoisotopic (exact) mass is 196 g/mol. The van der Waals surface area contributed by atoms with E-state index >= 15 is 0 Å². The second kappa shape index (κ2) is 4.67. The lowest BCUT2D eigenvalue weighted by atomic mass is 10.1. The number of hydrogen-bond acceptors (Lipinski definition) is 4. The minimum atomic E-state index is 0.0651. The van der Waals surface area contributed by atoms with E-state index in [9.17, 15) is 0 Å². The fourth-order valence-corrected chi connectivity index (χ4v) is 0.893. The first kappa shape index (κ1) is 9.80. The molecule has 0 aliphatic heterocycles. The second-order valence-electron chi connectivity index (χ2n) is 2.48. The maximum Gasteiger partial charge on any atom is 0.151 e. The van der Waals surface area contributed by atoms with Crippen molar-refractivity contribution >= 4 is 24.5 Å². The molecule has 1 heterocycles. The normalized spacial score (nSPS) is 13.1. The minimum Gasteiger partial charge on any atom is -0.167 e. The van der Waals surface area contributed by atoms with Gasteiger partial charge in [0.15, 0.2) is 5.15 Å². The van der Waals surface area contributed by atoms with Crippen LogP contribution in [0.25, 0.3) is 0 Å². The fraction of sp³-hybridized carbons (Fsp3) is 0.250. The Hall–Kier alpha value is -1.29. The van der Waals surface area contributed by atoms with Gasteiger partial charge in [0.05, 0.1) is 5.69 Å². The molecule has 0 aromatic carbocycles. The van der Waals surface area contributed by atoms with Crippen LogP contribution in [0.1, 0.15) is 18.5 Å². The lowest BCUT2D eigenvalue weighted by Crippen LogP contribution is -1.99. The van der Waals surface area contributed by atoms with Crippen molar-refractivity contribution in [2.75, 3.05) is 0 Å². The van der Waals surface area contributed by atoms with E-state index in [-0.39, 0.29) is 5.92 Å². The molecule has 0 N–H and O–H groups in total. The zero-order valence-electron chi connectivity index (χ0n) is 7.18. The largest absolute Gasteiger partial charge is 0.167 e. The Bertz CT molecular complexity index is 306. The van der Waals surface area contributed by atoms with Gasteiger partial charge in [0.2, 0.25) is 0 Å². The Morgan fingerprint density at radius 3 is 2.85 bits per heavy atom. The van der Waals surface area contributed by atoms with Crippen LogP contribution in [0.4, 0.5) is 0 Å². The van der Waals surface area contributed by atoms with Crippen molar-refractivity contribution in [2.24, 2.45) is 10.2 Å². The summed E-state index contributed by atoms with van der Waals surface area (Å²) in [6.45, 7) is 5.17. The van der Waals surface area contributed by atoms with Crippen molar-refractivity contribution in [1.29, 1.82) is 0 Å². The molecule has 1 aromatic heterocycles. The summed E-state index contributed by atoms with van der Waals surface area (Å²) in [5.74, 6) is 0.0651. The molecule has 0 aliphatic carbocycles. The van der Waals surface area contributed by atoms with E-state index in [4.69, 9.17) is 11.6 Å². The summed E-state index contributed by atoms with van der Waals surface area (Å²) < 4.78 is 0. The summed E-state index contributed by atoms with van der Waals surface area (Å²) in [6, 6.07) is 3.49. The smallest absolute Gasteiger partial charge is 0.151 e. The predicted molar refractivity (Wildman–Crippen MR) is 53.5 cm³/mol. The van der Waals surface area contributed by atoms with Crippen LogP contribution in [0, 0.1) is 0 Å². The first-order valence-corrected chi connectivity index (χ1v) is 4.10. The first-order valence-electron chi connectivity index (χ1n) is 3.72. The Kier molecular flexibility index (Phi) is 3.52. The summed E-state index contributed by atoms with van der Waals surface area (Å²) >= 11 is 5.58. The zero-order valence-corrected chi connectivity index (χ0v) is 7.94. The number of rotatable bonds is 3. The number of hydrogen-bond donors (Lipinski definition) is 0. The van der Waals surface area contributed by atoms with Gasteiger partial charge < -0.3 is 0 Å². The first-order chi connectivity index (χ1) is 6.24. The molecule has 0 amide bonds. The van der Waals surface area contributed by atoms with Crippen LogP contribution in [-0.4, -0.2) is 23.1 Å². The number of aromatic nitrogens is 2. The molecule has 4 nitrogen and oxygen atoms in total. The van der Waals surface area contributed by atoms with Crippen molar-refractivity contribution in [1.82, 2.24) is 10.2 Å². The molecule has 0 fully saturated rings. The molecule has 5 heteroatoms. The van der Waals surface area contributed by atoms with Crippen LogP contribution in [0.2, 0.25) is 5.15 Å². The summed E-state index contributed by atoms with van der Waals surface area (Å²) in [5.41, 5.74) is 0.803. The van der Waals surface area contributed by atoms with E-state index in [2.05, 4.69) is 27.1 Å². The Morgan fingerprint density at radius 2 is 2.31 bits per heavy atom. The highest BCUT2D eigenvalue weighted by molar-refractivity contribution is 6.29. The summed E-state index contributed by atoms with van der Waals surface area (Å²) in [4.78, 5) is 0. The standard InChI is InChI=1S/C8H9ClN4/c1-6(5-11-10-2)7-3-4-8(9)13-12-7/h3-6H,2H2,1H3/b11-5+. The molecule has 0 aliphatic rings. The van der Waals surface area contributed by atoms with Gasteiger partial charge >= 0.3 is 0 Å². The third kappa shape index (κ3) is 2.91. The van der Waals surface area contributed by atoms with E-state index in [0.717, 1.165) is 5.69 Å². The van der Waals surface area contributed by atoms with Gasteiger partial charge in [-0.2, -0.15) is 15.3 Å². The topological polar surface area (TPSA) is 50.5 Å². The lowest BCUT2D eigenvalue weighted by Gasteiger charge is -2.01. The van der Waals surface area contributed by atoms with Gasteiger partial charge in [-0.1, -0.05) is 18.5 Å². The Labute approximate surface area is 81.4 Å². The van der Waals surface area contributed by atoms with Crippen LogP contribution >= 0.6 is 11.6 Å². The third-order valence-corrected chi connectivity index (χ3v) is 1.69. The molecule has 0 bridgehead atoms. The van der Waals surface area contributed by atoms with Crippen molar-refractivity contribution < 1.29 is 0 Å². The van der Waals surface area contributed by atoms with Crippen molar-refractivity contribution in [3.8, 4) is 0 Å². The van der Waals surface area contributed by atoms with Crippen LogP contribution < -0.4 is 0 Å². The van der Waals surface area contributed by atoms with E-state index < -0.39 is 0 Å². The highest BCUT2D eigenvalue weighted by Crippen LogP contribution is 2.10. The molecule has 13 heavy (non-hydrogen) atoms. The van der Waals surface area contributed by atoms with Crippen LogP contribution in [0.3, 0.4) is 0 Å². The molecule has 0 spiro atoms. The molecule has 1 unspecified atom stereocenters. The van der Waals surface area contributed by atoms with Gasteiger partial charge in [0.1, 0.15) is 0 Å². The van der Waals surface area contributed by atoms with Gasteiger partial charge in [-0.05, 0) is 12.1 Å². The number of halogens is 1. The SMILES string of the molecule is C=N/N=C/C(C)c1ccc(Cl)nn1. The molecule has 68 valence electrons.